The van der Waals surface area contributed by atoms with Gasteiger partial charge in [0.2, 0.25) is 0 Å². The quantitative estimate of drug-likeness (QED) is 0.611. The predicted octanol–water partition coefficient (Wildman–Crippen LogP) is -0.147. The number of amides is 1. The Labute approximate surface area is 111 Å². The van der Waals surface area contributed by atoms with E-state index in [2.05, 4.69) is 10.6 Å². The number of piperidine rings is 1. The van der Waals surface area contributed by atoms with E-state index in [0.717, 1.165) is 6.54 Å². The van der Waals surface area contributed by atoms with Gasteiger partial charge in [0.25, 0.3) is 5.91 Å². The van der Waals surface area contributed by atoms with Crippen LogP contribution in [0.15, 0.2) is 18.2 Å². The van der Waals surface area contributed by atoms with Crippen LogP contribution in [0.3, 0.4) is 0 Å². The fourth-order valence-corrected chi connectivity index (χ4v) is 2.09. The topological polar surface area (TPSA) is 90.8 Å². The molecule has 4 N–H and O–H groups in total. The first-order chi connectivity index (χ1) is 9.11. The molecule has 0 radical (unpaired) electrons. The average Bonchev–Trinajstić information content (AvgIpc) is 2.41. The zero-order valence-electron chi connectivity index (χ0n) is 10.7. The molecule has 0 saturated carbocycles. The third-order valence-electron chi connectivity index (χ3n) is 3.22. The van der Waals surface area contributed by atoms with Crippen molar-refractivity contribution in [2.24, 2.45) is 0 Å². The number of aliphatic hydroxyl groups is 1. The number of β-amino-alcohol motifs (C(OH)–C–C–N with tert-alkyl or cyclic N) is 1. The molecule has 6 nitrogen and oxygen atoms in total. The fraction of sp³-hybridized carbons (Fsp3) is 0.462. The smallest absolute Gasteiger partial charge is 0.255 e. The van der Waals surface area contributed by atoms with Crippen molar-refractivity contribution in [2.45, 2.75) is 18.6 Å². The van der Waals surface area contributed by atoms with Crippen molar-refractivity contribution in [1.82, 2.24) is 10.6 Å². The Morgan fingerprint density at radius 2 is 2.32 bits per heavy atom. The van der Waals surface area contributed by atoms with Gasteiger partial charge in [-0.15, -0.1) is 0 Å². The predicted molar refractivity (Wildman–Crippen MR) is 69.4 cm³/mol. The summed E-state index contributed by atoms with van der Waals surface area (Å²) >= 11 is 0. The number of hydrogen-bond donors (Lipinski definition) is 4. The molecule has 1 heterocycles. The maximum absolute atomic E-state index is 12.0. The molecule has 1 aromatic carbocycles. The summed E-state index contributed by atoms with van der Waals surface area (Å²) in [5.74, 6) is -0.0534. The van der Waals surface area contributed by atoms with E-state index in [1.165, 1.54) is 19.2 Å². The van der Waals surface area contributed by atoms with E-state index in [1.54, 1.807) is 6.07 Å². The molecule has 6 heteroatoms. The summed E-state index contributed by atoms with van der Waals surface area (Å²) in [4.78, 5) is 12.0. The third-order valence-corrected chi connectivity index (χ3v) is 3.22. The number of rotatable bonds is 3. The van der Waals surface area contributed by atoms with E-state index >= 15 is 0 Å². The molecule has 1 aliphatic rings. The summed E-state index contributed by atoms with van der Waals surface area (Å²) in [5.41, 5.74) is 0.173. The number of carbonyl (C=O) groups is 1. The average molecular weight is 266 g/mol. The molecular weight excluding hydrogens is 248 g/mol. The second kappa shape index (κ2) is 5.90. The second-order valence-electron chi connectivity index (χ2n) is 4.52. The highest BCUT2D eigenvalue weighted by Gasteiger charge is 2.25. The molecule has 0 bridgehead atoms. The fourth-order valence-electron chi connectivity index (χ4n) is 2.09. The van der Waals surface area contributed by atoms with Crippen LogP contribution in [0.1, 0.15) is 16.8 Å². The van der Waals surface area contributed by atoms with Gasteiger partial charge in [-0.3, -0.25) is 4.79 Å². The minimum Gasteiger partial charge on any atom is -0.507 e. The van der Waals surface area contributed by atoms with Crippen molar-refractivity contribution in [1.29, 1.82) is 0 Å². The van der Waals surface area contributed by atoms with Gasteiger partial charge in [-0.25, -0.2) is 0 Å². The molecule has 1 fully saturated rings. The molecule has 1 aromatic rings. The Morgan fingerprint density at radius 3 is 2.95 bits per heavy atom. The minimum atomic E-state index is -0.613. The van der Waals surface area contributed by atoms with Crippen LogP contribution in [0.5, 0.6) is 11.5 Å². The first-order valence-corrected chi connectivity index (χ1v) is 6.18. The van der Waals surface area contributed by atoms with E-state index in [4.69, 9.17) is 4.74 Å². The number of aromatic hydroxyl groups is 1. The highest BCUT2D eigenvalue weighted by atomic mass is 16.5. The highest BCUT2D eigenvalue weighted by Crippen LogP contribution is 2.23. The Hall–Kier alpha value is -1.79. The molecule has 0 spiro atoms. The molecule has 0 aliphatic carbocycles. The van der Waals surface area contributed by atoms with E-state index in [-0.39, 0.29) is 17.4 Å². The summed E-state index contributed by atoms with van der Waals surface area (Å²) in [7, 11) is 1.49. The van der Waals surface area contributed by atoms with Gasteiger partial charge in [-0.1, -0.05) is 0 Å². The molecule has 2 rings (SSSR count). The van der Waals surface area contributed by atoms with Crippen LogP contribution in [0.4, 0.5) is 0 Å². The Bertz CT molecular complexity index is 464. The maximum atomic E-state index is 12.0. The van der Waals surface area contributed by atoms with Crippen LogP contribution in [0.2, 0.25) is 0 Å². The molecule has 104 valence electrons. The first-order valence-electron chi connectivity index (χ1n) is 6.18. The number of aliphatic hydroxyl groups excluding tert-OH is 1. The first kappa shape index (κ1) is 13.6. The van der Waals surface area contributed by atoms with Crippen molar-refractivity contribution < 1.29 is 19.7 Å². The van der Waals surface area contributed by atoms with Crippen molar-refractivity contribution in [3.8, 4) is 11.5 Å². The lowest BCUT2D eigenvalue weighted by atomic mass is 10.0. The van der Waals surface area contributed by atoms with Gasteiger partial charge in [-0.05, 0) is 25.1 Å². The van der Waals surface area contributed by atoms with Gasteiger partial charge in [-0.2, -0.15) is 0 Å². The van der Waals surface area contributed by atoms with Gasteiger partial charge in [0.05, 0.1) is 24.8 Å². The number of carbonyl (C=O) groups excluding carboxylic acids is 1. The molecule has 1 saturated heterocycles. The maximum Gasteiger partial charge on any atom is 0.255 e. The number of phenolic OH excluding ortho intramolecular Hbond substituents is 1. The van der Waals surface area contributed by atoms with Crippen molar-refractivity contribution in [3.05, 3.63) is 23.8 Å². The van der Waals surface area contributed by atoms with E-state index in [9.17, 15) is 15.0 Å². The summed E-state index contributed by atoms with van der Waals surface area (Å²) in [6.45, 7) is 1.20. The van der Waals surface area contributed by atoms with Gasteiger partial charge in [0, 0.05) is 12.6 Å². The number of nitrogens with one attached hydrogen (secondary N) is 2. The van der Waals surface area contributed by atoms with Crippen LogP contribution in [0.25, 0.3) is 0 Å². The molecule has 1 aliphatic heterocycles. The van der Waals surface area contributed by atoms with E-state index in [0.29, 0.717) is 18.7 Å². The summed E-state index contributed by atoms with van der Waals surface area (Å²) < 4.78 is 4.96. The Kier molecular flexibility index (Phi) is 4.24. The second-order valence-corrected chi connectivity index (χ2v) is 4.52. The SMILES string of the molecule is COc1ccc(C(=O)N[C@@H]2CCNC[C@H]2O)c(O)c1. The minimum absolute atomic E-state index is 0.139. The lowest BCUT2D eigenvalue weighted by molar-refractivity contribution is 0.0763. The lowest BCUT2D eigenvalue weighted by Gasteiger charge is -2.29. The lowest BCUT2D eigenvalue weighted by Crippen LogP contribution is -2.52. The summed E-state index contributed by atoms with van der Waals surface area (Å²) in [6.07, 6.45) is 0.0437. The normalized spacial score (nSPS) is 22.8. The molecule has 19 heavy (non-hydrogen) atoms. The molecular formula is C13H18N2O4. The number of methoxy groups -OCH3 is 1. The molecule has 2 atom stereocenters. The van der Waals surface area contributed by atoms with Gasteiger partial charge in [0.1, 0.15) is 11.5 Å². The summed E-state index contributed by atoms with van der Waals surface area (Å²) in [5, 5.41) is 25.3. The zero-order valence-corrected chi connectivity index (χ0v) is 10.7. The Morgan fingerprint density at radius 1 is 1.53 bits per heavy atom. The monoisotopic (exact) mass is 266 g/mol. The van der Waals surface area contributed by atoms with Gasteiger partial charge < -0.3 is 25.6 Å². The Balaban J connectivity index is 2.07. The number of benzene rings is 1. The molecule has 0 aromatic heterocycles. The summed E-state index contributed by atoms with van der Waals surface area (Å²) in [6, 6.07) is 4.19. The zero-order chi connectivity index (χ0) is 13.8. The van der Waals surface area contributed by atoms with Crippen molar-refractivity contribution in [2.75, 3.05) is 20.2 Å². The molecule has 0 unspecified atom stereocenters. The van der Waals surface area contributed by atoms with Crippen molar-refractivity contribution in [3.63, 3.8) is 0 Å². The third kappa shape index (κ3) is 3.15. The van der Waals surface area contributed by atoms with Gasteiger partial charge in [0.15, 0.2) is 0 Å². The van der Waals surface area contributed by atoms with Crippen molar-refractivity contribution >= 4 is 5.91 Å². The highest BCUT2D eigenvalue weighted by molar-refractivity contribution is 5.97. The van der Waals surface area contributed by atoms with Crippen LogP contribution in [-0.2, 0) is 0 Å². The standard InChI is InChI=1S/C13H18N2O4/c1-19-8-2-3-9(11(16)6-8)13(18)15-10-4-5-14-7-12(10)17/h2-3,6,10,12,14,16-17H,4-5,7H2,1H3,(H,15,18)/t10-,12-/m1/s1. The number of ether oxygens (including phenoxy) is 1. The van der Waals surface area contributed by atoms with E-state index < -0.39 is 12.0 Å². The van der Waals surface area contributed by atoms with E-state index in [1.807, 2.05) is 0 Å². The van der Waals surface area contributed by atoms with Crippen LogP contribution < -0.4 is 15.4 Å². The van der Waals surface area contributed by atoms with Crippen LogP contribution in [-0.4, -0.2) is 48.5 Å². The molecule has 1 amide bonds. The van der Waals surface area contributed by atoms with Crippen LogP contribution in [0, 0.1) is 0 Å². The number of hydrogen-bond acceptors (Lipinski definition) is 5. The van der Waals surface area contributed by atoms with Gasteiger partial charge >= 0.3 is 0 Å². The number of phenols is 1. The van der Waals surface area contributed by atoms with Crippen LogP contribution >= 0.6 is 0 Å². The largest absolute Gasteiger partial charge is 0.507 e.